The number of hydrogen-bond acceptors (Lipinski definition) is 2. The fourth-order valence-electron chi connectivity index (χ4n) is 2.06. The minimum atomic E-state index is -0.198. The number of aliphatic hydroxyl groups excluding tert-OH is 1. The summed E-state index contributed by atoms with van der Waals surface area (Å²) in [7, 11) is 0. The molecule has 0 aliphatic heterocycles. The first kappa shape index (κ1) is 17.8. The van der Waals surface area contributed by atoms with Crippen molar-refractivity contribution < 1.29 is 9.90 Å². The van der Waals surface area contributed by atoms with E-state index >= 15 is 0 Å². The van der Waals surface area contributed by atoms with Crippen molar-refractivity contribution in [2.75, 3.05) is 13.2 Å². The van der Waals surface area contributed by atoms with Crippen molar-refractivity contribution in [3.63, 3.8) is 0 Å². The summed E-state index contributed by atoms with van der Waals surface area (Å²) in [5.41, 5.74) is 0.889. The van der Waals surface area contributed by atoms with Crippen LogP contribution < -0.4 is 10.6 Å². The number of benzene rings is 1. The van der Waals surface area contributed by atoms with Gasteiger partial charge in [0.1, 0.15) is 0 Å². The molecule has 0 aromatic heterocycles. The highest BCUT2D eigenvalue weighted by Crippen LogP contribution is 2.24. The first-order valence-corrected chi connectivity index (χ1v) is 7.64. The van der Waals surface area contributed by atoms with Crippen molar-refractivity contribution in [2.45, 2.75) is 45.1 Å². The van der Waals surface area contributed by atoms with Gasteiger partial charge < -0.3 is 15.7 Å². The van der Waals surface area contributed by atoms with Gasteiger partial charge in [-0.2, -0.15) is 0 Å². The van der Waals surface area contributed by atoms with Crippen LogP contribution in [0.4, 0.5) is 4.79 Å². The zero-order valence-electron chi connectivity index (χ0n) is 12.9. The van der Waals surface area contributed by atoms with Gasteiger partial charge in [-0.1, -0.05) is 37.6 Å². The molecule has 0 aliphatic carbocycles. The first-order chi connectivity index (χ1) is 9.85. The maximum atomic E-state index is 11.9. The third-order valence-electron chi connectivity index (χ3n) is 3.47. The zero-order chi connectivity index (χ0) is 15.9. The largest absolute Gasteiger partial charge is 0.396 e. The molecule has 1 rings (SSSR count). The summed E-state index contributed by atoms with van der Waals surface area (Å²) in [6, 6.07) is 7.54. The van der Waals surface area contributed by atoms with E-state index in [2.05, 4.69) is 24.5 Å². The minimum absolute atomic E-state index is 0.0476. The van der Waals surface area contributed by atoms with Crippen molar-refractivity contribution in [2.24, 2.45) is 0 Å². The van der Waals surface area contributed by atoms with Crippen LogP contribution >= 0.6 is 11.6 Å². The van der Waals surface area contributed by atoms with Gasteiger partial charge in [-0.05, 0) is 37.5 Å². The maximum Gasteiger partial charge on any atom is 0.315 e. The molecule has 0 heterocycles. The van der Waals surface area contributed by atoms with E-state index in [1.807, 2.05) is 31.2 Å². The Morgan fingerprint density at radius 2 is 2.14 bits per heavy atom. The first-order valence-electron chi connectivity index (χ1n) is 7.26. The average Bonchev–Trinajstić information content (AvgIpc) is 2.43. The van der Waals surface area contributed by atoms with Crippen LogP contribution in [-0.4, -0.2) is 30.3 Å². The highest BCUT2D eigenvalue weighted by molar-refractivity contribution is 6.30. The summed E-state index contributed by atoms with van der Waals surface area (Å²) in [4.78, 5) is 11.9. The van der Waals surface area contributed by atoms with Crippen LogP contribution in [0.15, 0.2) is 24.3 Å². The van der Waals surface area contributed by atoms with Crippen molar-refractivity contribution in [3.8, 4) is 0 Å². The molecule has 1 atom stereocenters. The molecule has 0 spiro atoms. The molecule has 21 heavy (non-hydrogen) atoms. The lowest BCUT2D eigenvalue weighted by Gasteiger charge is -2.26. The van der Waals surface area contributed by atoms with Gasteiger partial charge in [-0.25, -0.2) is 4.79 Å². The van der Waals surface area contributed by atoms with Crippen molar-refractivity contribution >= 4 is 17.6 Å². The van der Waals surface area contributed by atoms with Crippen LogP contribution in [-0.2, 0) is 5.41 Å². The summed E-state index contributed by atoms with van der Waals surface area (Å²) in [5, 5.41) is 15.2. The Balaban J connectivity index is 2.47. The number of halogens is 1. The number of hydrogen-bond donors (Lipinski definition) is 3. The Morgan fingerprint density at radius 1 is 1.43 bits per heavy atom. The molecule has 0 radical (unpaired) electrons. The highest BCUT2D eigenvalue weighted by Gasteiger charge is 2.21. The average molecular weight is 313 g/mol. The molecule has 0 saturated heterocycles. The second-order valence-corrected chi connectivity index (χ2v) is 6.42. The predicted molar refractivity (Wildman–Crippen MR) is 86.8 cm³/mol. The van der Waals surface area contributed by atoms with Gasteiger partial charge in [-0.3, -0.25) is 0 Å². The number of urea groups is 1. The van der Waals surface area contributed by atoms with Crippen molar-refractivity contribution in [1.82, 2.24) is 10.6 Å². The smallest absolute Gasteiger partial charge is 0.315 e. The molecular formula is C16H25ClN2O2. The number of nitrogens with one attached hydrogen (secondary N) is 2. The molecule has 118 valence electrons. The number of carbonyl (C=O) groups is 1. The zero-order valence-corrected chi connectivity index (χ0v) is 13.7. The third kappa shape index (κ3) is 6.36. The Hall–Kier alpha value is -1.26. The molecule has 5 heteroatoms. The van der Waals surface area contributed by atoms with E-state index in [9.17, 15) is 4.79 Å². The highest BCUT2D eigenvalue weighted by atomic mass is 35.5. The lowest BCUT2D eigenvalue weighted by atomic mass is 9.85. The Labute approximate surface area is 131 Å². The van der Waals surface area contributed by atoms with Gasteiger partial charge in [0.25, 0.3) is 0 Å². The number of carbonyl (C=O) groups excluding carboxylic acids is 1. The molecule has 0 saturated carbocycles. The standard InChI is InChI=1S/C16H25ClN2O2/c1-12(6-5-9-20)19-15(21)18-11-16(2,3)13-7-4-8-14(17)10-13/h4,7-8,10,12,20H,5-6,9,11H2,1-3H3,(H2,18,19,21). The lowest BCUT2D eigenvalue weighted by Crippen LogP contribution is -2.45. The van der Waals surface area contributed by atoms with Crippen molar-refractivity contribution in [1.29, 1.82) is 0 Å². The summed E-state index contributed by atoms with van der Waals surface area (Å²) in [5.74, 6) is 0. The minimum Gasteiger partial charge on any atom is -0.396 e. The number of amides is 2. The van der Waals surface area contributed by atoms with Crippen molar-refractivity contribution in [3.05, 3.63) is 34.9 Å². The van der Waals surface area contributed by atoms with Gasteiger partial charge in [0.2, 0.25) is 0 Å². The molecule has 4 nitrogen and oxygen atoms in total. The van der Waals surface area contributed by atoms with E-state index in [0.29, 0.717) is 18.0 Å². The third-order valence-corrected chi connectivity index (χ3v) is 3.70. The number of aliphatic hydroxyl groups is 1. The maximum absolute atomic E-state index is 11.9. The van der Waals surface area contributed by atoms with Gasteiger partial charge >= 0.3 is 6.03 Å². The SMILES string of the molecule is CC(CCCO)NC(=O)NCC(C)(C)c1cccc(Cl)c1. The Bertz CT molecular complexity index is 463. The van der Waals surface area contributed by atoms with E-state index < -0.39 is 0 Å². The van der Waals surface area contributed by atoms with Gasteiger partial charge in [-0.15, -0.1) is 0 Å². The van der Waals surface area contributed by atoms with E-state index in [1.54, 1.807) is 0 Å². The van der Waals surface area contributed by atoms with Gasteiger partial charge in [0, 0.05) is 29.6 Å². The van der Waals surface area contributed by atoms with E-state index in [1.165, 1.54) is 0 Å². The summed E-state index contributed by atoms with van der Waals surface area (Å²) in [6.07, 6.45) is 1.46. The van der Waals surface area contributed by atoms with Crippen LogP contribution in [0.25, 0.3) is 0 Å². The van der Waals surface area contributed by atoms with Crippen LogP contribution in [0.1, 0.15) is 39.2 Å². The fourth-order valence-corrected chi connectivity index (χ4v) is 2.25. The van der Waals surface area contributed by atoms with E-state index in [4.69, 9.17) is 16.7 Å². The Morgan fingerprint density at radius 3 is 2.76 bits per heavy atom. The van der Waals surface area contributed by atoms with Gasteiger partial charge in [0.15, 0.2) is 0 Å². The molecule has 0 fully saturated rings. The summed E-state index contributed by atoms with van der Waals surface area (Å²) in [6.45, 7) is 6.72. The van der Waals surface area contributed by atoms with E-state index in [0.717, 1.165) is 12.0 Å². The van der Waals surface area contributed by atoms with E-state index in [-0.39, 0.29) is 24.1 Å². The van der Waals surface area contributed by atoms with Crippen LogP contribution in [0.5, 0.6) is 0 Å². The van der Waals surface area contributed by atoms with Crippen LogP contribution in [0.3, 0.4) is 0 Å². The molecule has 0 bridgehead atoms. The molecule has 1 unspecified atom stereocenters. The molecule has 1 aromatic carbocycles. The molecular weight excluding hydrogens is 288 g/mol. The predicted octanol–water partition coefficient (Wildman–Crippen LogP) is 3.08. The Kier molecular flexibility index (Phi) is 6.99. The summed E-state index contributed by atoms with van der Waals surface area (Å²) >= 11 is 6.01. The molecule has 3 N–H and O–H groups in total. The lowest BCUT2D eigenvalue weighted by molar-refractivity contribution is 0.232. The van der Waals surface area contributed by atoms with Gasteiger partial charge in [0.05, 0.1) is 0 Å². The molecule has 0 aliphatic rings. The molecule has 1 aromatic rings. The quantitative estimate of drug-likeness (QED) is 0.724. The van der Waals surface area contributed by atoms with Crippen LogP contribution in [0, 0.1) is 0 Å². The topological polar surface area (TPSA) is 61.4 Å². The molecule has 2 amide bonds. The normalized spacial score (nSPS) is 12.8. The van der Waals surface area contributed by atoms with Crippen LogP contribution in [0.2, 0.25) is 5.02 Å². The second kappa shape index (κ2) is 8.25. The fraction of sp³-hybridized carbons (Fsp3) is 0.562. The number of rotatable bonds is 7. The second-order valence-electron chi connectivity index (χ2n) is 5.99. The monoisotopic (exact) mass is 312 g/mol. The summed E-state index contributed by atoms with van der Waals surface area (Å²) < 4.78 is 0.